The third kappa shape index (κ3) is 3.16. The van der Waals surface area contributed by atoms with E-state index in [0.29, 0.717) is 0 Å². The first-order valence-electron chi connectivity index (χ1n) is 7.42. The highest BCUT2D eigenvalue weighted by Crippen LogP contribution is 2.37. The standard InChI is InChI=1S/C18H24O/c1-3-5-9-14(8-4-2)17-13-12-15-10-6-7-11-16(15)18(17)19/h6-7,9-13,17-19H,3-5,8H2,1-2H3/b14-9+/t17-,18-/m1/s1. The molecule has 0 fully saturated rings. The lowest BCUT2D eigenvalue weighted by atomic mass is 9.80. The minimum atomic E-state index is -0.393. The zero-order valence-electron chi connectivity index (χ0n) is 12.0. The molecule has 0 saturated heterocycles. The predicted molar refractivity (Wildman–Crippen MR) is 81.8 cm³/mol. The molecule has 0 bridgehead atoms. The molecule has 0 amide bonds. The highest BCUT2D eigenvalue weighted by Gasteiger charge is 2.26. The van der Waals surface area contributed by atoms with Crippen LogP contribution >= 0.6 is 0 Å². The molecule has 2 rings (SSSR count). The lowest BCUT2D eigenvalue weighted by molar-refractivity contribution is 0.143. The number of aliphatic hydroxyl groups is 1. The van der Waals surface area contributed by atoms with Crippen LogP contribution < -0.4 is 0 Å². The normalized spacial score (nSPS) is 22.4. The van der Waals surface area contributed by atoms with Crippen molar-refractivity contribution in [3.8, 4) is 0 Å². The van der Waals surface area contributed by atoms with E-state index in [1.54, 1.807) is 0 Å². The van der Waals surface area contributed by atoms with E-state index in [-0.39, 0.29) is 5.92 Å². The molecule has 0 unspecified atom stereocenters. The van der Waals surface area contributed by atoms with Crippen LogP contribution in [0, 0.1) is 5.92 Å². The molecular weight excluding hydrogens is 232 g/mol. The van der Waals surface area contributed by atoms with E-state index < -0.39 is 6.10 Å². The van der Waals surface area contributed by atoms with E-state index in [2.05, 4.69) is 38.1 Å². The van der Waals surface area contributed by atoms with Crippen LogP contribution in [0.15, 0.2) is 42.0 Å². The lowest BCUT2D eigenvalue weighted by Crippen LogP contribution is -2.17. The van der Waals surface area contributed by atoms with E-state index >= 15 is 0 Å². The van der Waals surface area contributed by atoms with Gasteiger partial charge in [-0.2, -0.15) is 0 Å². The van der Waals surface area contributed by atoms with Gasteiger partial charge in [-0.25, -0.2) is 0 Å². The minimum absolute atomic E-state index is 0.154. The molecule has 102 valence electrons. The van der Waals surface area contributed by atoms with Gasteiger partial charge in [-0.15, -0.1) is 0 Å². The van der Waals surface area contributed by atoms with Crippen molar-refractivity contribution in [3.63, 3.8) is 0 Å². The van der Waals surface area contributed by atoms with Gasteiger partial charge >= 0.3 is 0 Å². The summed E-state index contributed by atoms with van der Waals surface area (Å²) in [4.78, 5) is 0. The summed E-state index contributed by atoms with van der Waals surface area (Å²) in [5.74, 6) is 0.154. The molecule has 1 N–H and O–H groups in total. The van der Waals surface area contributed by atoms with E-state index in [4.69, 9.17) is 0 Å². The summed E-state index contributed by atoms with van der Waals surface area (Å²) in [7, 11) is 0. The Hall–Kier alpha value is -1.34. The predicted octanol–water partition coefficient (Wildman–Crippen LogP) is 4.89. The highest BCUT2D eigenvalue weighted by atomic mass is 16.3. The summed E-state index contributed by atoms with van der Waals surface area (Å²) in [6, 6.07) is 8.14. The Bertz CT molecular complexity index is 470. The van der Waals surface area contributed by atoms with Crippen molar-refractivity contribution in [2.24, 2.45) is 5.92 Å². The molecule has 1 nitrogen and oxygen atoms in total. The molecule has 1 heteroatoms. The van der Waals surface area contributed by atoms with Crippen molar-refractivity contribution in [1.29, 1.82) is 0 Å². The zero-order valence-corrected chi connectivity index (χ0v) is 12.0. The number of hydrogen-bond donors (Lipinski definition) is 1. The molecule has 2 atom stereocenters. The SMILES string of the molecule is CCC/C=C(\CCC)[C@H]1C=Cc2ccccc2[C@H]1O. The molecule has 0 aromatic heterocycles. The van der Waals surface area contributed by atoms with Gasteiger partial charge in [0.15, 0.2) is 0 Å². The Labute approximate surface area is 116 Å². The summed E-state index contributed by atoms with van der Waals surface area (Å²) in [5.41, 5.74) is 3.61. The molecule has 1 aliphatic rings. The van der Waals surface area contributed by atoms with Gasteiger partial charge in [-0.05, 0) is 24.0 Å². The number of hydrogen-bond acceptors (Lipinski definition) is 1. The van der Waals surface area contributed by atoms with Gasteiger partial charge in [-0.1, -0.05) is 74.8 Å². The van der Waals surface area contributed by atoms with E-state index in [1.165, 1.54) is 5.57 Å². The van der Waals surface area contributed by atoms with Gasteiger partial charge in [0, 0.05) is 5.92 Å². The van der Waals surface area contributed by atoms with Crippen LogP contribution in [0.5, 0.6) is 0 Å². The van der Waals surface area contributed by atoms with Gasteiger partial charge in [0.1, 0.15) is 0 Å². The van der Waals surface area contributed by atoms with Crippen LogP contribution in [0.2, 0.25) is 0 Å². The van der Waals surface area contributed by atoms with Gasteiger partial charge < -0.3 is 5.11 Å². The molecule has 0 aliphatic heterocycles. The quantitative estimate of drug-likeness (QED) is 0.744. The maximum Gasteiger partial charge on any atom is 0.0895 e. The molecule has 1 aromatic rings. The summed E-state index contributed by atoms with van der Waals surface area (Å²) >= 11 is 0. The zero-order chi connectivity index (χ0) is 13.7. The summed E-state index contributed by atoms with van der Waals surface area (Å²) in [6.45, 7) is 4.40. The molecule has 0 spiro atoms. The Morgan fingerprint density at radius 3 is 2.74 bits per heavy atom. The van der Waals surface area contributed by atoms with Crippen molar-refractivity contribution in [3.05, 3.63) is 53.1 Å². The van der Waals surface area contributed by atoms with Crippen molar-refractivity contribution in [1.82, 2.24) is 0 Å². The summed E-state index contributed by atoms with van der Waals surface area (Å²) in [6.07, 6.45) is 10.7. The first kappa shape index (κ1) is 14.1. The first-order valence-corrected chi connectivity index (χ1v) is 7.42. The average molecular weight is 256 g/mol. The van der Waals surface area contributed by atoms with Crippen molar-refractivity contribution >= 4 is 6.08 Å². The fraction of sp³-hybridized carbons (Fsp3) is 0.444. The number of rotatable bonds is 5. The number of aliphatic hydroxyl groups excluding tert-OH is 1. The van der Waals surface area contributed by atoms with Crippen molar-refractivity contribution in [2.75, 3.05) is 0 Å². The molecule has 19 heavy (non-hydrogen) atoms. The molecule has 0 radical (unpaired) electrons. The second kappa shape index (κ2) is 6.72. The maximum absolute atomic E-state index is 10.6. The van der Waals surface area contributed by atoms with Crippen LogP contribution in [0.3, 0.4) is 0 Å². The third-order valence-corrected chi connectivity index (χ3v) is 3.80. The van der Waals surface area contributed by atoms with Crippen LogP contribution in [-0.4, -0.2) is 5.11 Å². The average Bonchev–Trinajstić information content (AvgIpc) is 2.44. The topological polar surface area (TPSA) is 20.2 Å². The second-order valence-corrected chi connectivity index (χ2v) is 5.28. The molecule has 0 saturated carbocycles. The van der Waals surface area contributed by atoms with E-state index in [9.17, 15) is 5.11 Å². The Morgan fingerprint density at radius 2 is 2.00 bits per heavy atom. The van der Waals surface area contributed by atoms with Crippen LogP contribution in [-0.2, 0) is 0 Å². The number of unbranched alkanes of at least 4 members (excludes halogenated alkanes) is 1. The van der Waals surface area contributed by atoms with Gasteiger partial charge in [0.2, 0.25) is 0 Å². The Morgan fingerprint density at radius 1 is 1.21 bits per heavy atom. The van der Waals surface area contributed by atoms with Crippen molar-refractivity contribution in [2.45, 2.75) is 45.6 Å². The molecule has 1 aromatic carbocycles. The fourth-order valence-electron chi connectivity index (χ4n) is 2.79. The van der Waals surface area contributed by atoms with E-state index in [0.717, 1.165) is 36.8 Å². The molecular formula is C18H24O. The van der Waals surface area contributed by atoms with Gasteiger partial charge in [0.05, 0.1) is 6.10 Å². The molecule has 1 aliphatic carbocycles. The van der Waals surface area contributed by atoms with Crippen LogP contribution in [0.1, 0.15) is 56.8 Å². The van der Waals surface area contributed by atoms with Gasteiger partial charge in [-0.3, -0.25) is 0 Å². The highest BCUT2D eigenvalue weighted by molar-refractivity contribution is 5.59. The summed E-state index contributed by atoms with van der Waals surface area (Å²) in [5, 5.41) is 10.6. The monoisotopic (exact) mass is 256 g/mol. The number of benzene rings is 1. The number of allylic oxidation sites excluding steroid dienone is 1. The second-order valence-electron chi connectivity index (χ2n) is 5.28. The smallest absolute Gasteiger partial charge is 0.0895 e. The fourth-order valence-corrected chi connectivity index (χ4v) is 2.79. The summed E-state index contributed by atoms with van der Waals surface area (Å²) < 4.78 is 0. The number of fused-ring (bicyclic) bond motifs is 1. The van der Waals surface area contributed by atoms with Crippen LogP contribution in [0.25, 0.3) is 6.08 Å². The van der Waals surface area contributed by atoms with E-state index in [1.807, 2.05) is 18.2 Å². The maximum atomic E-state index is 10.6. The third-order valence-electron chi connectivity index (χ3n) is 3.80. The van der Waals surface area contributed by atoms with Crippen LogP contribution in [0.4, 0.5) is 0 Å². The Kier molecular flexibility index (Phi) is 4.98. The lowest BCUT2D eigenvalue weighted by Gasteiger charge is -2.28. The Balaban J connectivity index is 2.26. The van der Waals surface area contributed by atoms with Crippen molar-refractivity contribution < 1.29 is 5.11 Å². The first-order chi connectivity index (χ1) is 9.27. The van der Waals surface area contributed by atoms with Gasteiger partial charge in [0.25, 0.3) is 0 Å². The molecule has 0 heterocycles. The minimum Gasteiger partial charge on any atom is -0.387 e. The largest absolute Gasteiger partial charge is 0.387 e.